The van der Waals surface area contributed by atoms with Gasteiger partial charge < -0.3 is 15.1 Å². The third kappa shape index (κ3) is 3.41. The van der Waals surface area contributed by atoms with Crippen LogP contribution in [0.4, 0.5) is 0 Å². The number of rotatable bonds is 3. The van der Waals surface area contributed by atoms with Crippen molar-refractivity contribution >= 4 is 35.2 Å². The maximum atomic E-state index is 13.2. The van der Waals surface area contributed by atoms with E-state index in [2.05, 4.69) is 5.32 Å². The number of carbonyl (C=O) groups is 2. The highest BCUT2D eigenvalue weighted by molar-refractivity contribution is 7.99. The Morgan fingerprint density at radius 2 is 2.12 bits per heavy atom. The zero-order chi connectivity index (χ0) is 17.1. The molecule has 2 heterocycles. The molecule has 130 valence electrons. The Morgan fingerprint density at radius 3 is 2.88 bits per heavy atom. The Hall–Kier alpha value is -1.24. The summed E-state index contributed by atoms with van der Waals surface area (Å²) in [6.07, 6.45) is 0.430. The van der Waals surface area contributed by atoms with Crippen LogP contribution in [0.3, 0.4) is 0 Å². The molecule has 2 saturated heterocycles. The Kier molecular flexibility index (Phi) is 5.69. The predicted molar refractivity (Wildman–Crippen MR) is 97.0 cm³/mol. The van der Waals surface area contributed by atoms with Crippen molar-refractivity contribution < 1.29 is 9.59 Å². The SMILES string of the molecule is CCC(=O)N1CSCC1C(=O)N1CCNCC1c1ccccc1Cl. The summed E-state index contributed by atoms with van der Waals surface area (Å²) in [7, 11) is 0. The lowest BCUT2D eigenvalue weighted by atomic mass is 10.0. The first kappa shape index (κ1) is 17.6. The first-order valence-electron chi connectivity index (χ1n) is 8.26. The maximum absolute atomic E-state index is 13.2. The molecular weight excluding hydrogens is 346 g/mol. The van der Waals surface area contributed by atoms with Crippen LogP contribution >= 0.6 is 23.4 Å². The number of hydrogen-bond acceptors (Lipinski definition) is 4. The second-order valence-corrected chi connectivity index (χ2v) is 7.41. The van der Waals surface area contributed by atoms with Gasteiger partial charge in [-0.3, -0.25) is 9.59 Å². The van der Waals surface area contributed by atoms with Gasteiger partial charge in [0.25, 0.3) is 0 Å². The molecule has 24 heavy (non-hydrogen) atoms. The number of benzene rings is 1. The van der Waals surface area contributed by atoms with E-state index < -0.39 is 0 Å². The molecule has 2 atom stereocenters. The van der Waals surface area contributed by atoms with Crippen LogP contribution in [0.5, 0.6) is 0 Å². The number of carbonyl (C=O) groups excluding carboxylic acids is 2. The van der Waals surface area contributed by atoms with Gasteiger partial charge in [-0.1, -0.05) is 36.7 Å². The Morgan fingerprint density at radius 1 is 1.33 bits per heavy atom. The third-order valence-corrected chi connectivity index (χ3v) is 5.94. The summed E-state index contributed by atoms with van der Waals surface area (Å²) in [6.45, 7) is 3.90. The number of amides is 2. The highest BCUT2D eigenvalue weighted by Gasteiger charge is 2.39. The van der Waals surface area contributed by atoms with Crippen molar-refractivity contribution in [3.63, 3.8) is 0 Å². The summed E-state index contributed by atoms with van der Waals surface area (Å²) in [6, 6.07) is 7.21. The minimum atomic E-state index is -0.356. The summed E-state index contributed by atoms with van der Waals surface area (Å²) in [5, 5.41) is 4.02. The largest absolute Gasteiger partial charge is 0.331 e. The van der Waals surface area contributed by atoms with Crippen molar-refractivity contribution in [2.45, 2.75) is 25.4 Å². The number of piperazine rings is 1. The monoisotopic (exact) mass is 367 g/mol. The van der Waals surface area contributed by atoms with Gasteiger partial charge in [0.05, 0.1) is 11.9 Å². The fourth-order valence-electron chi connectivity index (χ4n) is 3.28. The summed E-state index contributed by atoms with van der Waals surface area (Å²) in [4.78, 5) is 28.9. The van der Waals surface area contributed by atoms with Gasteiger partial charge in [0.1, 0.15) is 6.04 Å². The van der Waals surface area contributed by atoms with E-state index in [4.69, 9.17) is 11.6 Å². The van der Waals surface area contributed by atoms with Crippen molar-refractivity contribution in [3.05, 3.63) is 34.9 Å². The molecule has 0 bridgehead atoms. The smallest absolute Gasteiger partial charge is 0.246 e. The van der Waals surface area contributed by atoms with Gasteiger partial charge in [0, 0.05) is 36.8 Å². The average molecular weight is 368 g/mol. The van der Waals surface area contributed by atoms with Crippen molar-refractivity contribution in [2.24, 2.45) is 0 Å². The molecular formula is C17H22ClN3O2S. The zero-order valence-corrected chi connectivity index (χ0v) is 15.3. The molecule has 0 saturated carbocycles. The topological polar surface area (TPSA) is 52.7 Å². The number of nitrogens with zero attached hydrogens (tertiary/aromatic N) is 2. The van der Waals surface area contributed by atoms with E-state index in [1.54, 1.807) is 16.7 Å². The lowest BCUT2D eigenvalue weighted by Gasteiger charge is -2.39. The van der Waals surface area contributed by atoms with Gasteiger partial charge in [-0.15, -0.1) is 11.8 Å². The van der Waals surface area contributed by atoms with E-state index in [0.29, 0.717) is 36.2 Å². The Labute approximate surface area is 151 Å². The van der Waals surface area contributed by atoms with Crippen LogP contribution in [0.1, 0.15) is 24.9 Å². The minimum absolute atomic E-state index is 0.0354. The highest BCUT2D eigenvalue weighted by Crippen LogP contribution is 2.31. The first-order valence-corrected chi connectivity index (χ1v) is 9.79. The molecule has 7 heteroatoms. The molecule has 0 spiro atoms. The van der Waals surface area contributed by atoms with Gasteiger partial charge in [-0.05, 0) is 11.6 Å². The molecule has 2 aliphatic rings. The van der Waals surface area contributed by atoms with E-state index in [1.807, 2.05) is 36.1 Å². The van der Waals surface area contributed by atoms with E-state index in [-0.39, 0.29) is 23.9 Å². The first-order chi connectivity index (χ1) is 11.6. The van der Waals surface area contributed by atoms with Gasteiger partial charge in [-0.25, -0.2) is 0 Å². The van der Waals surface area contributed by atoms with E-state index in [1.165, 1.54) is 0 Å². The summed E-state index contributed by atoms with van der Waals surface area (Å²) < 4.78 is 0. The lowest BCUT2D eigenvalue weighted by Crippen LogP contribution is -2.55. The normalized spacial score (nSPS) is 24.2. The molecule has 0 aliphatic carbocycles. The van der Waals surface area contributed by atoms with Crippen LogP contribution < -0.4 is 5.32 Å². The van der Waals surface area contributed by atoms with Crippen molar-refractivity contribution in [2.75, 3.05) is 31.3 Å². The Bertz CT molecular complexity index is 628. The average Bonchev–Trinajstić information content (AvgIpc) is 3.10. The van der Waals surface area contributed by atoms with Gasteiger partial charge in [-0.2, -0.15) is 0 Å². The number of hydrogen-bond donors (Lipinski definition) is 1. The van der Waals surface area contributed by atoms with Crippen LogP contribution in [0.25, 0.3) is 0 Å². The van der Waals surface area contributed by atoms with Crippen LogP contribution in [0.2, 0.25) is 5.02 Å². The second kappa shape index (κ2) is 7.76. The summed E-state index contributed by atoms with van der Waals surface area (Å²) >= 11 is 8.00. The van der Waals surface area contributed by atoms with E-state index in [9.17, 15) is 9.59 Å². The van der Waals surface area contributed by atoms with Crippen LogP contribution in [-0.4, -0.2) is 58.9 Å². The number of thioether (sulfide) groups is 1. The van der Waals surface area contributed by atoms with Crippen LogP contribution in [0, 0.1) is 0 Å². The minimum Gasteiger partial charge on any atom is -0.331 e. The molecule has 2 fully saturated rings. The standard InChI is InChI=1S/C17H22ClN3O2S/c1-2-16(22)21-11-24-10-15(21)17(23)20-8-7-19-9-14(20)12-5-3-4-6-13(12)18/h3-6,14-15,19H,2,7-11H2,1H3. The molecule has 2 aliphatic heterocycles. The molecule has 5 nitrogen and oxygen atoms in total. The Balaban J connectivity index is 1.84. The quantitative estimate of drug-likeness (QED) is 0.889. The second-order valence-electron chi connectivity index (χ2n) is 6.01. The molecule has 2 unspecified atom stereocenters. The fraction of sp³-hybridized carbons (Fsp3) is 0.529. The van der Waals surface area contributed by atoms with Crippen molar-refractivity contribution in [3.8, 4) is 0 Å². The summed E-state index contributed by atoms with van der Waals surface area (Å²) in [5.41, 5.74) is 0.957. The van der Waals surface area contributed by atoms with Gasteiger partial charge >= 0.3 is 0 Å². The molecule has 1 aromatic carbocycles. The molecule has 1 N–H and O–H groups in total. The van der Waals surface area contributed by atoms with Gasteiger partial charge in [0.2, 0.25) is 11.8 Å². The molecule has 1 aromatic rings. The maximum Gasteiger partial charge on any atom is 0.246 e. The zero-order valence-electron chi connectivity index (χ0n) is 13.7. The fourth-order valence-corrected chi connectivity index (χ4v) is 4.71. The molecule has 3 rings (SSSR count). The molecule has 0 aromatic heterocycles. The molecule has 2 amide bonds. The number of nitrogens with one attached hydrogen (secondary N) is 1. The van der Waals surface area contributed by atoms with Crippen molar-refractivity contribution in [1.29, 1.82) is 0 Å². The van der Waals surface area contributed by atoms with E-state index in [0.717, 1.165) is 12.1 Å². The van der Waals surface area contributed by atoms with E-state index >= 15 is 0 Å². The number of halogens is 1. The van der Waals surface area contributed by atoms with Crippen molar-refractivity contribution in [1.82, 2.24) is 15.1 Å². The third-order valence-electron chi connectivity index (χ3n) is 4.58. The lowest BCUT2D eigenvalue weighted by molar-refractivity contribution is -0.145. The molecule has 0 radical (unpaired) electrons. The highest BCUT2D eigenvalue weighted by atomic mass is 35.5. The predicted octanol–water partition coefficient (Wildman–Crippen LogP) is 2.12. The van der Waals surface area contributed by atoms with Crippen LogP contribution in [0.15, 0.2) is 24.3 Å². The summed E-state index contributed by atoms with van der Waals surface area (Å²) in [5.74, 6) is 1.35. The van der Waals surface area contributed by atoms with Gasteiger partial charge in [0.15, 0.2) is 0 Å². The van der Waals surface area contributed by atoms with Crippen LogP contribution in [-0.2, 0) is 9.59 Å².